The van der Waals surface area contributed by atoms with Gasteiger partial charge in [0.05, 0.1) is 23.3 Å². The third-order valence-corrected chi connectivity index (χ3v) is 6.35. The summed E-state index contributed by atoms with van der Waals surface area (Å²) in [6, 6.07) is 13.8. The van der Waals surface area contributed by atoms with Gasteiger partial charge >= 0.3 is 6.18 Å². The largest absolute Gasteiger partial charge is 0.416 e. The molecule has 3 aromatic heterocycles. The zero-order valence-corrected chi connectivity index (χ0v) is 22.4. The first-order valence-corrected chi connectivity index (χ1v) is 12.8. The van der Waals surface area contributed by atoms with Gasteiger partial charge in [-0.05, 0) is 66.9 Å². The fraction of sp³-hybridized carbons (Fsp3) is 0.167. The second-order valence-electron chi connectivity index (χ2n) is 9.74. The molecule has 0 saturated heterocycles. The van der Waals surface area contributed by atoms with E-state index in [0.29, 0.717) is 17.3 Å². The lowest BCUT2D eigenvalue weighted by Crippen LogP contribution is -2.14. The first kappa shape index (κ1) is 27.5. The molecule has 1 amide bonds. The van der Waals surface area contributed by atoms with Gasteiger partial charge in [-0.1, -0.05) is 19.9 Å². The number of carbonyl (C=O) groups is 1. The Balaban J connectivity index is 1.41. The smallest absolute Gasteiger partial charge is 0.324 e. The SMILES string of the molecule is Cc1ccc(C(=O)Nc2cc(-n3cnc(C(C)C)c3)cc(C(F)(F)F)c2)cc1Nc1nccc(-c2cccnc2)n1. The lowest BCUT2D eigenvalue weighted by molar-refractivity contribution is -0.137. The first-order valence-electron chi connectivity index (χ1n) is 12.8. The molecule has 0 saturated carbocycles. The minimum atomic E-state index is -4.61. The lowest BCUT2D eigenvalue weighted by Gasteiger charge is -2.15. The molecule has 0 atom stereocenters. The molecule has 2 N–H and O–H groups in total. The van der Waals surface area contributed by atoms with Gasteiger partial charge in [0.15, 0.2) is 0 Å². The summed E-state index contributed by atoms with van der Waals surface area (Å²) >= 11 is 0. The van der Waals surface area contributed by atoms with Gasteiger partial charge in [0.1, 0.15) is 0 Å². The van der Waals surface area contributed by atoms with E-state index < -0.39 is 17.6 Å². The Bertz CT molecular complexity index is 1700. The van der Waals surface area contributed by atoms with Crippen molar-refractivity contribution in [3.63, 3.8) is 0 Å². The molecule has 3 heterocycles. The van der Waals surface area contributed by atoms with E-state index in [-0.39, 0.29) is 22.9 Å². The topological polar surface area (TPSA) is 97.6 Å². The molecule has 0 aliphatic carbocycles. The third kappa shape index (κ3) is 6.40. The van der Waals surface area contributed by atoms with Gasteiger partial charge in [0.2, 0.25) is 5.95 Å². The number of hydrogen-bond donors (Lipinski definition) is 2. The van der Waals surface area contributed by atoms with Gasteiger partial charge < -0.3 is 15.2 Å². The van der Waals surface area contributed by atoms with Gasteiger partial charge in [0.25, 0.3) is 5.91 Å². The maximum Gasteiger partial charge on any atom is 0.416 e. The fourth-order valence-electron chi connectivity index (χ4n) is 4.09. The monoisotopic (exact) mass is 557 g/mol. The number of benzene rings is 2. The van der Waals surface area contributed by atoms with E-state index in [1.54, 1.807) is 49.1 Å². The van der Waals surface area contributed by atoms with Crippen molar-refractivity contribution in [3.8, 4) is 16.9 Å². The molecular weight excluding hydrogens is 531 g/mol. The van der Waals surface area contributed by atoms with Crippen LogP contribution in [0.4, 0.5) is 30.5 Å². The van der Waals surface area contributed by atoms with Crippen LogP contribution in [0.5, 0.6) is 0 Å². The maximum absolute atomic E-state index is 13.7. The van der Waals surface area contributed by atoms with E-state index in [2.05, 4.69) is 30.6 Å². The van der Waals surface area contributed by atoms with Crippen molar-refractivity contribution >= 4 is 23.2 Å². The Kier molecular flexibility index (Phi) is 7.52. The summed E-state index contributed by atoms with van der Waals surface area (Å²) in [7, 11) is 0. The van der Waals surface area contributed by atoms with Gasteiger partial charge in [-0.15, -0.1) is 0 Å². The minimum absolute atomic E-state index is 0.00205. The number of nitrogens with zero attached hydrogens (tertiary/aromatic N) is 5. The Hall–Kier alpha value is -5.06. The summed E-state index contributed by atoms with van der Waals surface area (Å²) in [4.78, 5) is 30.4. The number of anilines is 3. The van der Waals surface area contributed by atoms with E-state index in [4.69, 9.17) is 0 Å². The summed E-state index contributed by atoms with van der Waals surface area (Å²) in [6.07, 6.45) is 3.50. The minimum Gasteiger partial charge on any atom is -0.324 e. The summed E-state index contributed by atoms with van der Waals surface area (Å²) in [5.74, 6) is -0.152. The number of carbonyl (C=O) groups excluding carboxylic acids is 1. The second-order valence-corrected chi connectivity index (χ2v) is 9.74. The van der Waals surface area contributed by atoms with Crippen LogP contribution in [0, 0.1) is 6.92 Å². The molecule has 0 radical (unpaired) electrons. The number of imidazole rings is 1. The number of rotatable bonds is 7. The number of alkyl halides is 3. The van der Waals surface area contributed by atoms with E-state index in [9.17, 15) is 18.0 Å². The molecule has 5 rings (SSSR count). The van der Waals surface area contributed by atoms with Gasteiger partial charge in [-0.2, -0.15) is 13.2 Å². The highest BCUT2D eigenvalue weighted by atomic mass is 19.4. The molecule has 208 valence electrons. The highest BCUT2D eigenvalue weighted by molar-refractivity contribution is 6.05. The Morgan fingerprint density at radius 3 is 2.54 bits per heavy atom. The summed E-state index contributed by atoms with van der Waals surface area (Å²) in [5, 5.41) is 5.74. The Morgan fingerprint density at radius 1 is 1.00 bits per heavy atom. The number of amides is 1. The van der Waals surface area contributed by atoms with Crippen molar-refractivity contribution < 1.29 is 18.0 Å². The quantitative estimate of drug-likeness (QED) is 0.220. The molecule has 0 spiro atoms. The van der Waals surface area contributed by atoms with Crippen LogP contribution in [-0.4, -0.2) is 30.4 Å². The summed E-state index contributed by atoms with van der Waals surface area (Å²) < 4.78 is 42.7. The number of halogens is 3. The molecule has 0 fully saturated rings. The van der Waals surface area contributed by atoms with Crippen molar-refractivity contribution in [1.82, 2.24) is 24.5 Å². The van der Waals surface area contributed by atoms with Crippen molar-refractivity contribution in [2.75, 3.05) is 10.6 Å². The lowest BCUT2D eigenvalue weighted by atomic mass is 10.1. The maximum atomic E-state index is 13.7. The highest BCUT2D eigenvalue weighted by Crippen LogP contribution is 2.33. The van der Waals surface area contributed by atoms with Crippen LogP contribution in [0.25, 0.3) is 16.9 Å². The Labute approximate surface area is 234 Å². The van der Waals surface area contributed by atoms with Gasteiger partial charge in [0, 0.05) is 53.0 Å². The molecule has 0 unspecified atom stereocenters. The predicted octanol–water partition coefficient (Wildman–Crippen LogP) is 7.17. The molecule has 0 aliphatic heterocycles. The summed E-state index contributed by atoms with van der Waals surface area (Å²) in [5.41, 5.74) is 3.20. The zero-order valence-electron chi connectivity index (χ0n) is 22.4. The molecule has 41 heavy (non-hydrogen) atoms. The molecule has 0 bridgehead atoms. The third-order valence-electron chi connectivity index (χ3n) is 6.35. The molecular formula is C30H26F3N7O. The molecule has 8 nitrogen and oxygen atoms in total. The van der Waals surface area contributed by atoms with Crippen LogP contribution >= 0.6 is 0 Å². The van der Waals surface area contributed by atoms with Crippen molar-refractivity contribution in [1.29, 1.82) is 0 Å². The number of pyridine rings is 1. The van der Waals surface area contributed by atoms with Crippen molar-refractivity contribution in [2.45, 2.75) is 32.9 Å². The Morgan fingerprint density at radius 2 is 1.83 bits per heavy atom. The number of aryl methyl sites for hydroxylation is 1. The number of aromatic nitrogens is 5. The average molecular weight is 558 g/mol. The van der Waals surface area contributed by atoms with Crippen LogP contribution in [-0.2, 0) is 6.18 Å². The van der Waals surface area contributed by atoms with Crippen LogP contribution in [0.15, 0.2) is 85.7 Å². The fourth-order valence-corrected chi connectivity index (χ4v) is 4.09. The molecule has 5 aromatic rings. The number of nitrogens with one attached hydrogen (secondary N) is 2. The summed E-state index contributed by atoms with van der Waals surface area (Å²) in [6.45, 7) is 5.74. The zero-order chi connectivity index (χ0) is 29.1. The van der Waals surface area contributed by atoms with Crippen LogP contribution in [0.1, 0.15) is 46.9 Å². The first-order chi connectivity index (χ1) is 19.6. The highest BCUT2D eigenvalue weighted by Gasteiger charge is 2.31. The predicted molar refractivity (Wildman–Crippen MR) is 150 cm³/mol. The van der Waals surface area contributed by atoms with Crippen LogP contribution in [0.3, 0.4) is 0 Å². The van der Waals surface area contributed by atoms with Crippen LogP contribution in [0.2, 0.25) is 0 Å². The molecule has 11 heteroatoms. The van der Waals surface area contributed by atoms with E-state index in [1.165, 1.54) is 17.0 Å². The van der Waals surface area contributed by atoms with E-state index in [1.807, 2.05) is 32.9 Å². The standard InChI is InChI=1S/C30H26F3N7O/c1-18(2)27-16-40(17-36-27)24-13-22(30(31,32)33)12-23(14-24)37-28(41)20-7-6-19(3)26(11-20)39-29-35-10-8-25(38-29)21-5-4-9-34-15-21/h4-18H,1-3H3,(H,37,41)(H,35,38,39). The van der Waals surface area contributed by atoms with Crippen LogP contribution < -0.4 is 10.6 Å². The van der Waals surface area contributed by atoms with Crippen molar-refractivity contribution in [3.05, 3.63) is 108 Å². The molecule has 0 aliphatic rings. The number of hydrogen-bond acceptors (Lipinski definition) is 6. The normalized spacial score (nSPS) is 11.5. The molecule has 2 aromatic carbocycles. The van der Waals surface area contributed by atoms with E-state index >= 15 is 0 Å². The van der Waals surface area contributed by atoms with Gasteiger partial charge in [-0.25, -0.2) is 15.0 Å². The second kappa shape index (κ2) is 11.2. The van der Waals surface area contributed by atoms with E-state index in [0.717, 1.165) is 29.0 Å². The average Bonchev–Trinajstić information content (AvgIpc) is 3.45. The van der Waals surface area contributed by atoms with Gasteiger partial charge in [-0.3, -0.25) is 9.78 Å². The van der Waals surface area contributed by atoms with Crippen molar-refractivity contribution in [2.24, 2.45) is 0 Å².